The number of benzene rings is 3. The van der Waals surface area contributed by atoms with E-state index in [1.54, 1.807) is 0 Å². The number of nitrogens with one attached hydrogen (secondary N) is 1. The van der Waals surface area contributed by atoms with Gasteiger partial charge in [-0.15, -0.1) is 0 Å². The Kier molecular flexibility index (Phi) is 6.42. The maximum absolute atomic E-state index is 13.1. The van der Waals surface area contributed by atoms with Gasteiger partial charge < -0.3 is 15.3 Å². The molecule has 2 fully saturated rings. The Morgan fingerprint density at radius 3 is 2.18 bits per heavy atom. The number of hydrogen-bond donors (Lipinski definition) is 2. The Balaban J connectivity index is 1.35. The van der Waals surface area contributed by atoms with Crippen molar-refractivity contribution in [1.29, 1.82) is 0 Å². The Morgan fingerprint density at radius 2 is 1.48 bits per heavy atom. The van der Waals surface area contributed by atoms with E-state index in [9.17, 15) is 9.90 Å². The largest absolute Gasteiger partial charge is 0.395 e. The van der Waals surface area contributed by atoms with Gasteiger partial charge in [-0.3, -0.25) is 4.90 Å². The molecule has 3 aromatic carbocycles. The van der Waals surface area contributed by atoms with Gasteiger partial charge in [-0.25, -0.2) is 4.79 Å². The van der Waals surface area contributed by atoms with Crippen molar-refractivity contribution < 1.29 is 9.90 Å². The lowest BCUT2D eigenvalue weighted by molar-refractivity contribution is -0.0585. The summed E-state index contributed by atoms with van der Waals surface area (Å²) < 4.78 is 0. The summed E-state index contributed by atoms with van der Waals surface area (Å²) in [5.41, 5.74) is 4.44. The number of aliphatic hydroxyl groups excluding tert-OH is 1. The number of fused-ring (bicyclic) bond motifs is 1. The minimum Gasteiger partial charge on any atom is -0.395 e. The van der Waals surface area contributed by atoms with Crippen LogP contribution >= 0.6 is 0 Å². The molecule has 2 N–H and O–H groups in total. The molecule has 0 aromatic heterocycles. The van der Waals surface area contributed by atoms with E-state index in [0.29, 0.717) is 6.54 Å². The average Bonchev–Trinajstić information content (AvgIpc) is 2.84. The van der Waals surface area contributed by atoms with Gasteiger partial charge in [-0.1, -0.05) is 72.8 Å². The molecule has 2 saturated heterocycles. The van der Waals surface area contributed by atoms with E-state index in [-0.39, 0.29) is 30.6 Å². The van der Waals surface area contributed by atoms with Crippen molar-refractivity contribution in [1.82, 2.24) is 9.80 Å². The van der Waals surface area contributed by atoms with Crippen LogP contribution in [0.4, 0.5) is 10.5 Å². The molecule has 170 valence electrons. The highest BCUT2D eigenvalue weighted by molar-refractivity contribution is 5.89. The molecule has 2 heterocycles. The number of hydrogen-bond acceptors (Lipinski definition) is 3. The first-order chi connectivity index (χ1) is 16.2. The summed E-state index contributed by atoms with van der Waals surface area (Å²) in [6.07, 6.45) is 2.00. The predicted molar refractivity (Wildman–Crippen MR) is 132 cm³/mol. The van der Waals surface area contributed by atoms with E-state index in [0.717, 1.165) is 31.6 Å². The van der Waals surface area contributed by atoms with Crippen molar-refractivity contribution in [3.8, 4) is 11.1 Å². The second-order valence-electron chi connectivity index (χ2n) is 9.02. The van der Waals surface area contributed by atoms with Gasteiger partial charge in [0.1, 0.15) is 0 Å². The quantitative estimate of drug-likeness (QED) is 0.611. The first-order valence-electron chi connectivity index (χ1n) is 11.9. The van der Waals surface area contributed by atoms with Crippen LogP contribution in [-0.4, -0.2) is 59.3 Å². The van der Waals surface area contributed by atoms with Gasteiger partial charge >= 0.3 is 6.03 Å². The minimum atomic E-state index is -0.0475. The molecule has 5 rings (SSSR count). The maximum atomic E-state index is 13.1. The van der Waals surface area contributed by atoms with E-state index in [1.165, 1.54) is 16.7 Å². The summed E-state index contributed by atoms with van der Waals surface area (Å²) in [7, 11) is 0. The number of aliphatic hydroxyl groups is 1. The summed E-state index contributed by atoms with van der Waals surface area (Å²) in [4.78, 5) is 17.4. The van der Waals surface area contributed by atoms with Crippen LogP contribution in [0.1, 0.15) is 24.3 Å². The van der Waals surface area contributed by atoms with Crippen molar-refractivity contribution in [2.75, 3.05) is 31.6 Å². The molecule has 2 aliphatic heterocycles. The van der Waals surface area contributed by atoms with Crippen LogP contribution in [0, 0.1) is 0 Å². The van der Waals surface area contributed by atoms with Gasteiger partial charge in [-0.2, -0.15) is 0 Å². The lowest BCUT2D eigenvalue weighted by Gasteiger charge is -2.57. The van der Waals surface area contributed by atoms with Crippen LogP contribution in [0.2, 0.25) is 0 Å². The Hall–Kier alpha value is -3.15. The van der Waals surface area contributed by atoms with Crippen LogP contribution in [0.25, 0.3) is 11.1 Å². The van der Waals surface area contributed by atoms with Crippen molar-refractivity contribution >= 4 is 11.7 Å². The van der Waals surface area contributed by atoms with Crippen LogP contribution in [0.3, 0.4) is 0 Å². The van der Waals surface area contributed by atoms with Gasteiger partial charge in [0.05, 0.1) is 6.61 Å². The number of urea groups is 1. The summed E-state index contributed by atoms with van der Waals surface area (Å²) in [5.74, 6) is 0.213. The molecule has 0 spiro atoms. The Morgan fingerprint density at radius 1 is 0.848 bits per heavy atom. The highest BCUT2D eigenvalue weighted by Gasteiger charge is 2.49. The van der Waals surface area contributed by atoms with Crippen molar-refractivity contribution in [3.63, 3.8) is 0 Å². The highest BCUT2D eigenvalue weighted by atomic mass is 16.3. The third kappa shape index (κ3) is 4.52. The third-order valence-electron chi connectivity index (χ3n) is 7.08. The fourth-order valence-corrected chi connectivity index (χ4v) is 5.38. The van der Waals surface area contributed by atoms with Gasteiger partial charge in [0.2, 0.25) is 0 Å². The fraction of sp³-hybridized carbons (Fsp3) is 0.321. The van der Waals surface area contributed by atoms with E-state index in [1.807, 2.05) is 41.3 Å². The molecule has 3 atom stereocenters. The van der Waals surface area contributed by atoms with Crippen molar-refractivity contribution in [2.45, 2.75) is 30.8 Å². The number of carbonyl (C=O) groups is 1. The number of amides is 2. The van der Waals surface area contributed by atoms with Gasteiger partial charge in [0.15, 0.2) is 0 Å². The highest BCUT2D eigenvalue weighted by Crippen LogP contribution is 2.42. The average molecular weight is 442 g/mol. The van der Waals surface area contributed by atoms with Crippen molar-refractivity contribution in [2.24, 2.45) is 0 Å². The fourth-order valence-electron chi connectivity index (χ4n) is 5.38. The summed E-state index contributed by atoms with van der Waals surface area (Å²) in [6, 6.07) is 29.0. The molecule has 5 heteroatoms. The van der Waals surface area contributed by atoms with E-state index in [4.69, 9.17) is 0 Å². The topological polar surface area (TPSA) is 55.8 Å². The molecule has 3 aromatic rings. The number of carbonyl (C=O) groups excluding carboxylic acids is 1. The van der Waals surface area contributed by atoms with Crippen LogP contribution in [0.15, 0.2) is 84.9 Å². The van der Waals surface area contributed by atoms with Crippen LogP contribution in [-0.2, 0) is 0 Å². The number of para-hydroxylation sites is 1. The van der Waals surface area contributed by atoms with Crippen LogP contribution < -0.4 is 5.32 Å². The monoisotopic (exact) mass is 441 g/mol. The van der Waals surface area contributed by atoms with E-state index >= 15 is 0 Å². The first kappa shape index (κ1) is 21.7. The SMILES string of the molecule is O=C(Nc1ccccc1)N1CCCCN2[C@@H](CO)[C@@H](c3ccc(-c4ccccc4)cc3)[C@@H]2C1. The van der Waals surface area contributed by atoms with Gasteiger partial charge in [0, 0.05) is 36.8 Å². The van der Waals surface area contributed by atoms with E-state index < -0.39 is 0 Å². The lowest BCUT2D eigenvalue weighted by atomic mass is 9.74. The molecule has 0 bridgehead atoms. The molecule has 0 saturated carbocycles. The zero-order valence-corrected chi connectivity index (χ0v) is 18.8. The van der Waals surface area contributed by atoms with Gasteiger partial charge in [-0.05, 0) is 48.2 Å². The molecule has 33 heavy (non-hydrogen) atoms. The second-order valence-corrected chi connectivity index (χ2v) is 9.02. The predicted octanol–water partition coefficient (Wildman–Crippen LogP) is 4.81. The molecular weight excluding hydrogens is 410 g/mol. The molecule has 0 radical (unpaired) electrons. The molecule has 2 aliphatic rings. The molecule has 2 amide bonds. The zero-order valence-electron chi connectivity index (χ0n) is 18.8. The molecular formula is C28H31N3O2. The van der Waals surface area contributed by atoms with Gasteiger partial charge in [0.25, 0.3) is 0 Å². The third-order valence-corrected chi connectivity index (χ3v) is 7.08. The molecule has 0 unspecified atom stereocenters. The standard InChI is InChI=1S/C28H31N3O2/c32-20-26-27(23-15-13-22(14-16-23)21-9-3-1-4-10-21)25-19-30(17-7-8-18-31(25)26)28(33)29-24-11-5-2-6-12-24/h1-6,9-16,25-27,32H,7-8,17-20H2,(H,29,33)/t25-,26-,27-/m0/s1. The molecule has 5 nitrogen and oxygen atoms in total. The Bertz CT molecular complexity index is 1060. The van der Waals surface area contributed by atoms with E-state index in [2.05, 4.69) is 58.7 Å². The van der Waals surface area contributed by atoms with Crippen LogP contribution in [0.5, 0.6) is 0 Å². The number of anilines is 1. The van der Waals surface area contributed by atoms with Crippen molar-refractivity contribution in [3.05, 3.63) is 90.5 Å². The smallest absolute Gasteiger partial charge is 0.321 e. The summed E-state index contributed by atoms with van der Waals surface area (Å²) in [5, 5.41) is 13.2. The number of nitrogens with zero attached hydrogens (tertiary/aromatic N) is 2. The second kappa shape index (κ2) is 9.77. The summed E-state index contributed by atoms with van der Waals surface area (Å²) >= 11 is 0. The normalized spacial score (nSPS) is 23.1. The number of rotatable bonds is 4. The first-order valence-corrected chi connectivity index (χ1v) is 11.9. The lowest BCUT2D eigenvalue weighted by Crippen LogP contribution is -2.68. The maximum Gasteiger partial charge on any atom is 0.321 e. The minimum absolute atomic E-state index is 0.0475. The summed E-state index contributed by atoms with van der Waals surface area (Å²) in [6.45, 7) is 2.53. The molecule has 0 aliphatic carbocycles. The Labute approximate surface area is 195 Å². The zero-order chi connectivity index (χ0) is 22.6.